The Labute approximate surface area is 116 Å². The Bertz CT molecular complexity index is 548. The number of hydrogen-bond acceptors (Lipinski definition) is 5. The van der Waals surface area contributed by atoms with E-state index in [9.17, 15) is 5.11 Å². The highest BCUT2D eigenvalue weighted by Gasteiger charge is 2.25. The molecule has 0 saturated heterocycles. The lowest BCUT2D eigenvalue weighted by Crippen LogP contribution is -2.34. The van der Waals surface area contributed by atoms with E-state index in [1.165, 1.54) is 10.4 Å². The van der Waals surface area contributed by atoms with E-state index in [1.54, 1.807) is 11.3 Å². The molecule has 0 fully saturated rings. The van der Waals surface area contributed by atoms with Gasteiger partial charge in [0.15, 0.2) is 0 Å². The van der Waals surface area contributed by atoms with Crippen molar-refractivity contribution >= 4 is 11.3 Å². The maximum absolute atomic E-state index is 9.24. The molecule has 4 nitrogen and oxygen atoms in total. The third-order valence-corrected chi connectivity index (χ3v) is 4.81. The minimum absolute atomic E-state index is 0.0322. The highest BCUT2D eigenvalue weighted by atomic mass is 32.1. The Morgan fingerprint density at radius 2 is 2.47 bits per heavy atom. The zero-order chi connectivity index (χ0) is 13.2. The lowest BCUT2D eigenvalue weighted by atomic mass is 9.92. The van der Waals surface area contributed by atoms with Gasteiger partial charge in [0.2, 0.25) is 0 Å². The first-order chi connectivity index (χ1) is 9.28. The van der Waals surface area contributed by atoms with Crippen molar-refractivity contribution in [3.63, 3.8) is 0 Å². The summed E-state index contributed by atoms with van der Waals surface area (Å²) in [5.41, 5.74) is 3.16. The van der Waals surface area contributed by atoms with E-state index in [1.807, 2.05) is 0 Å². The number of aliphatic hydroxyl groups is 1. The molecule has 0 radical (unpaired) electrons. The monoisotopic (exact) mass is 278 g/mol. The van der Waals surface area contributed by atoms with Gasteiger partial charge in [-0.05, 0) is 36.8 Å². The third-order valence-electron chi connectivity index (χ3n) is 3.79. The summed E-state index contributed by atoms with van der Waals surface area (Å²) in [4.78, 5) is 1.40. The van der Waals surface area contributed by atoms with Gasteiger partial charge in [-0.3, -0.25) is 0 Å². The summed E-state index contributed by atoms with van der Waals surface area (Å²) in [5.74, 6) is 0.953. The SMILES string of the molecule is Cc1ccsc1CNC1CCc2onc(CO)c2C1. The average Bonchev–Trinajstić information content (AvgIpc) is 3.02. The average molecular weight is 278 g/mol. The van der Waals surface area contributed by atoms with E-state index in [4.69, 9.17) is 4.52 Å². The first kappa shape index (κ1) is 12.8. The molecule has 0 amide bonds. The van der Waals surface area contributed by atoms with E-state index >= 15 is 0 Å². The van der Waals surface area contributed by atoms with Crippen LogP contribution in [0.2, 0.25) is 0 Å². The highest BCUT2D eigenvalue weighted by Crippen LogP contribution is 2.25. The fourth-order valence-electron chi connectivity index (χ4n) is 2.58. The maximum atomic E-state index is 9.24. The molecule has 2 heterocycles. The Hall–Kier alpha value is -1.17. The van der Waals surface area contributed by atoms with E-state index in [0.29, 0.717) is 11.7 Å². The predicted octanol–water partition coefficient (Wildman–Crippen LogP) is 2.18. The molecule has 19 heavy (non-hydrogen) atoms. The Morgan fingerprint density at radius 3 is 3.21 bits per heavy atom. The number of nitrogens with zero attached hydrogens (tertiary/aromatic N) is 1. The maximum Gasteiger partial charge on any atom is 0.140 e. The summed E-state index contributed by atoms with van der Waals surface area (Å²) in [5, 5.41) is 18.9. The van der Waals surface area contributed by atoms with Gasteiger partial charge in [0, 0.05) is 29.4 Å². The van der Waals surface area contributed by atoms with Crippen molar-refractivity contribution in [3.05, 3.63) is 38.9 Å². The van der Waals surface area contributed by atoms with Gasteiger partial charge in [0.1, 0.15) is 11.5 Å². The van der Waals surface area contributed by atoms with Crippen LogP contribution in [0.15, 0.2) is 16.0 Å². The van der Waals surface area contributed by atoms with Gasteiger partial charge in [0.05, 0.1) is 6.61 Å². The van der Waals surface area contributed by atoms with Crippen LogP contribution in [-0.4, -0.2) is 16.3 Å². The standard InChI is InChI=1S/C14H18N2O2S/c1-9-4-5-19-14(9)7-15-10-2-3-13-11(6-10)12(8-17)16-18-13/h4-5,10,15,17H,2-3,6-8H2,1H3. The number of aryl methyl sites for hydroxylation is 2. The minimum atomic E-state index is -0.0322. The van der Waals surface area contributed by atoms with Crippen molar-refractivity contribution in [1.29, 1.82) is 0 Å². The molecule has 3 rings (SSSR count). The van der Waals surface area contributed by atoms with Crippen LogP contribution in [0, 0.1) is 6.92 Å². The Morgan fingerprint density at radius 1 is 1.58 bits per heavy atom. The molecule has 0 aliphatic heterocycles. The number of thiophene rings is 1. The summed E-state index contributed by atoms with van der Waals surface area (Å²) in [6.07, 6.45) is 2.88. The number of aliphatic hydroxyl groups excluding tert-OH is 1. The number of fused-ring (bicyclic) bond motifs is 1. The highest BCUT2D eigenvalue weighted by molar-refractivity contribution is 7.10. The molecule has 2 aromatic heterocycles. The van der Waals surface area contributed by atoms with Crippen LogP contribution in [-0.2, 0) is 26.0 Å². The van der Waals surface area contributed by atoms with E-state index in [0.717, 1.165) is 37.1 Å². The predicted molar refractivity (Wildman–Crippen MR) is 74.1 cm³/mol. The molecular weight excluding hydrogens is 260 g/mol. The third kappa shape index (κ3) is 2.59. The van der Waals surface area contributed by atoms with Crippen LogP contribution < -0.4 is 5.32 Å². The molecule has 0 saturated carbocycles. The molecular formula is C14H18N2O2S. The topological polar surface area (TPSA) is 58.3 Å². The molecule has 2 N–H and O–H groups in total. The Balaban J connectivity index is 1.64. The van der Waals surface area contributed by atoms with Gasteiger partial charge in [-0.2, -0.15) is 0 Å². The van der Waals surface area contributed by atoms with E-state index in [2.05, 4.69) is 28.8 Å². The van der Waals surface area contributed by atoms with Crippen molar-refractivity contribution in [1.82, 2.24) is 10.5 Å². The molecule has 0 spiro atoms. The molecule has 102 valence electrons. The van der Waals surface area contributed by atoms with E-state index < -0.39 is 0 Å². The molecule has 2 aromatic rings. The van der Waals surface area contributed by atoms with Crippen molar-refractivity contribution in [2.24, 2.45) is 0 Å². The van der Waals surface area contributed by atoms with Crippen LogP contribution in [0.25, 0.3) is 0 Å². The first-order valence-corrected chi connectivity index (χ1v) is 7.49. The van der Waals surface area contributed by atoms with Gasteiger partial charge >= 0.3 is 0 Å². The summed E-state index contributed by atoms with van der Waals surface area (Å²) in [6, 6.07) is 2.60. The van der Waals surface area contributed by atoms with Crippen molar-refractivity contribution in [2.45, 2.75) is 45.4 Å². The van der Waals surface area contributed by atoms with Crippen molar-refractivity contribution in [3.8, 4) is 0 Å². The zero-order valence-electron chi connectivity index (χ0n) is 11.0. The van der Waals surface area contributed by atoms with Crippen LogP contribution in [0.4, 0.5) is 0 Å². The second-order valence-electron chi connectivity index (χ2n) is 5.04. The second-order valence-corrected chi connectivity index (χ2v) is 6.04. The number of rotatable bonds is 4. The van der Waals surface area contributed by atoms with Gasteiger partial charge in [-0.25, -0.2) is 0 Å². The molecule has 1 aliphatic carbocycles. The van der Waals surface area contributed by atoms with Crippen LogP contribution in [0.5, 0.6) is 0 Å². The Kier molecular flexibility index (Phi) is 3.68. The zero-order valence-corrected chi connectivity index (χ0v) is 11.8. The molecule has 5 heteroatoms. The largest absolute Gasteiger partial charge is 0.390 e. The molecule has 1 aliphatic rings. The summed E-state index contributed by atoms with van der Waals surface area (Å²) in [7, 11) is 0. The van der Waals surface area contributed by atoms with Gasteiger partial charge in [-0.1, -0.05) is 5.16 Å². The van der Waals surface area contributed by atoms with Crippen LogP contribution in [0.3, 0.4) is 0 Å². The first-order valence-electron chi connectivity index (χ1n) is 6.61. The summed E-state index contributed by atoms with van der Waals surface area (Å²) >= 11 is 1.80. The number of aromatic nitrogens is 1. The summed E-state index contributed by atoms with van der Waals surface area (Å²) < 4.78 is 5.26. The molecule has 1 unspecified atom stereocenters. The fraction of sp³-hybridized carbons (Fsp3) is 0.500. The summed E-state index contributed by atoms with van der Waals surface area (Å²) in [6.45, 7) is 3.04. The lowest BCUT2D eigenvalue weighted by molar-refractivity contribution is 0.265. The quantitative estimate of drug-likeness (QED) is 0.900. The molecule has 0 aromatic carbocycles. The smallest absolute Gasteiger partial charge is 0.140 e. The van der Waals surface area contributed by atoms with E-state index in [-0.39, 0.29) is 6.61 Å². The van der Waals surface area contributed by atoms with Gasteiger partial charge < -0.3 is 14.9 Å². The number of nitrogens with one attached hydrogen (secondary N) is 1. The van der Waals surface area contributed by atoms with Crippen molar-refractivity contribution < 1.29 is 9.63 Å². The van der Waals surface area contributed by atoms with Gasteiger partial charge in [0.25, 0.3) is 0 Å². The molecule has 0 bridgehead atoms. The minimum Gasteiger partial charge on any atom is -0.390 e. The molecule has 1 atom stereocenters. The van der Waals surface area contributed by atoms with Gasteiger partial charge in [-0.15, -0.1) is 11.3 Å². The van der Waals surface area contributed by atoms with Crippen LogP contribution in [0.1, 0.15) is 33.9 Å². The second kappa shape index (κ2) is 5.45. The lowest BCUT2D eigenvalue weighted by Gasteiger charge is -2.22. The fourth-order valence-corrected chi connectivity index (χ4v) is 3.44. The van der Waals surface area contributed by atoms with Crippen molar-refractivity contribution in [2.75, 3.05) is 0 Å². The normalized spacial score (nSPS) is 18.5. The van der Waals surface area contributed by atoms with Crippen LogP contribution >= 0.6 is 11.3 Å². The number of hydrogen-bond donors (Lipinski definition) is 2.